The number of hydrogen-bond donors (Lipinski definition) is 3. The summed E-state index contributed by atoms with van der Waals surface area (Å²) in [6, 6.07) is 12.6. The Kier molecular flexibility index (Phi) is 7.13. The molecule has 7 nitrogen and oxygen atoms in total. The van der Waals surface area contributed by atoms with Crippen LogP contribution in [0.2, 0.25) is 0 Å². The number of carbonyl (C=O) groups excluding carboxylic acids is 3. The highest BCUT2D eigenvalue weighted by Gasteiger charge is 2.26. The molecule has 3 rings (SSSR count). The number of benzene rings is 2. The zero-order valence-electron chi connectivity index (χ0n) is 16.8. The Labute approximate surface area is 174 Å². The first-order chi connectivity index (χ1) is 14.4. The molecule has 30 heavy (non-hydrogen) atoms. The van der Waals surface area contributed by atoms with E-state index in [0.29, 0.717) is 43.0 Å². The lowest BCUT2D eigenvalue weighted by Gasteiger charge is -2.30. The van der Waals surface area contributed by atoms with Gasteiger partial charge < -0.3 is 16.0 Å². The van der Waals surface area contributed by atoms with Crippen LogP contribution >= 0.6 is 0 Å². The van der Waals surface area contributed by atoms with Crippen LogP contribution in [0.5, 0.6) is 0 Å². The molecule has 0 aliphatic carbocycles. The van der Waals surface area contributed by atoms with E-state index in [1.54, 1.807) is 24.3 Å². The minimum Gasteiger partial charge on any atom is -0.326 e. The van der Waals surface area contributed by atoms with Crippen molar-refractivity contribution >= 4 is 34.8 Å². The largest absolute Gasteiger partial charge is 0.326 e. The van der Waals surface area contributed by atoms with E-state index in [9.17, 15) is 18.8 Å². The molecule has 2 aromatic rings. The number of nitrogens with zero attached hydrogens (tertiary/aromatic N) is 1. The van der Waals surface area contributed by atoms with Crippen molar-refractivity contribution in [3.8, 4) is 0 Å². The third-order valence-corrected chi connectivity index (χ3v) is 4.93. The molecule has 1 aliphatic heterocycles. The number of nitrogens with one attached hydrogen (secondary N) is 3. The molecule has 0 atom stereocenters. The van der Waals surface area contributed by atoms with E-state index in [2.05, 4.69) is 16.0 Å². The van der Waals surface area contributed by atoms with Gasteiger partial charge >= 0.3 is 0 Å². The van der Waals surface area contributed by atoms with E-state index in [1.165, 1.54) is 31.2 Å². The van der Waals surface area contributed by atoms with Crippen molar-refractivity contribution in [1.29, 1.82) is 0 Å². The molecule has 3 amide bonds. The SMILES string of the molecule is CC(=O)Nc1ccc(NC(=O)C2CCN(CC(=O)Nc3ccc(F)cc3)CC2)cc1. The molecule has 0 saturated carbocycles. The molecule has 8 heteroatoms. The summed E-state index contributed by atoms with van der Waals surface area (Å²) in [5, 5.41) is 8.33. The molecule has 1 heterocycles. The molecule has 0 aromatic heterocycles. The highest BCUT2D eigenvalue weighted by molar-refractivity contribution is 5.94. The van der Waals surface area contributed by atoms with Crippen molar-refractivity contribution in [2.24, 2.45) is 5.92 Å². The van der Waals surface area contributed by atoms with Crippen LogP contribution in [0.25, 0.3) is 0 Å². The molecular formula is C22H25FN4O3. The number of piperidine rings is 1. The maximum Gasteiger partial charge on any atom is 0.238 e. The Balaban J connectivity index is 1.42. The van der Waals surface area contributed by atoms with E-state index in [1.807, 2.05) is 4.90 Å². The molecular weight excluding hydrogens is 387 g/mol. The summed E-state index contributed by atoms with van der Waals surface area (Å²) in [4.78, 5) is 37.7. The zero-order valence-corrected chi connectivity index (χ0v) is 16.8. The van der Waals surface area contributed by atoms with Crippen molar-refractivity contribution < 1.29 is 18.8 Å². The fourth-order valence-corrected chi connectivity index (χ4v) is 3.37. The Morgan fingerprint density at radius 1 is 0.867 bits per heavy atom. The predicted octanol–water partition coefficient (Wildman–Crippen LogP) is 3.07. The van der Waals surface area contributed by atoms with Gasteiger partial charge in [0.2, 0.25) is 17.7 Å². The second-order valence-electron chi connectivity index (χ2n) is 7.35. The van der Waals surface area contributed by atoms with Gasteiger partial charge in [-0.25, -0.2) is 4.39 Å². The van der Waals surface area contributed by atoms with Gasteiger partial charge in [-0.3, -0.25) is 19.3 Å². The van der Waals surface area contributed by atoms with E-state index in [0.717, 1.165) is 0 Å². The average Bonchev–Trinajstić information content (AvgIpc) is 2.71. The van der Waals surface area contributed by atoms with Crippen LogP contribution in [0.15, 0.2) is 48.5 Å². The van der Waals surface area contributed by atoms with E-state index in [-0.39, 0.29) is 36.0 Å². The highest BCUT2D eigenvalue weighted by atomic mass is 19.1. The van der Waals surface area contributed by atoms with Gasteiger partial charge in [0.25, 0.3) is 0 Å². The highest BCUT2D eigenvalue weighted by Crippen LogP contribution is 2.20. The molecule has 1 aliphatic rings. The molecule has 0 radical (unpaired) electrons. The molecule has 158 valence electrons. The predicted molar refractivity (Wildman–Crippen MR) is 114 cm³/mol. The summed E-state index contributed by atoms with van der Waals surface area (Å²) in [6.45, 7) is 2.97. The second kappa shape index (κ2) is 9.98. The van der Waals surface area contributed by atoms with Crippen molar-refractivity contribution in [2.75, 3.05) is 35.6 Å². The minimum absolute atomic E-state index is 0.0438. The summed E-state index contributed by atoms with van der Waals surface area (Å²) in [6.07, 6.45) is 1.33. The van der Waals surface area contributed by atoms with Crippen LogP contribution in [0, 0.1) is 11.7 Å². The molecule has 0 spiro atoms. The van der Waals surface area contributed by atoms with Crippen LogP contribution in [0.4, 0.5) is 21.5 Å². The lowest BCUT2D eigenvalue weighted by atomic mass is 9.96. The molecule has 2 aromatic carbocycles. The smallest absolute Gasteiger partial charge is 0.238 e. The number of amides is 3. The zero-order chi connectivity index (χ0) is 21.5. The van der Waals surface area contributed by atoms with Crippen molar-refractivity contribution in [2.45, 2.75) is 19.8 Å². The maximum absolute atomic E-state index is 12.9. The first-order valence-electron chi connectivity index (χ1n) is 9.85. The quantitative estimate of drug-likeness (QED) is 0.680. The fourth-order valence-electron chi connectivity index (χ4n) is 3.37. The third kappa shape index (κ3) is 6.38. The Morgan fingerprint density at radius 3 is 1.93 bits per heavy atom. The third-order valence-electron chi connectivity index (χ3n) is 4.93. The number of carbonyl (C=O) groups is 3. The van der Waals surface area contributed by atoms with E-state index < -0.39 is 0 Å². The first kappa shape index (κ1) is 21.4. The van der Waals surface area contributed by atoms with E-state index in [4.69, 9.17) is 0 Å². The van der Waals surface area contributed by atoms with Crippen LogP contribution < -0.4 is 16.0 Å². The number of halogens is 1. The Hall–Kier alpha value is -3.26. The molecule has 0 unspecified atom stereocenters. The number of rotatable bonds is 6. The fraction of sp³-hybridized carbons (Fsp3) is 0.318. The van der Waals surface area contributed by atoms with Crippen LogP contribution in [0.3, 0.4) is 0 Å². The minimum atomic E-state index is -0.350. The van der Waals surface area contributed by atoms with Crippen molar-refractivity contribution in [3.05, 3.63) is 54.3 Å². The van der Waals surface area contributed by atoms with Gasteiger partial charge in [-0.15, -0.1) is 0 Å². The normalized spacial score (nSPS) is 14.7. The van der Waals surface area contributed by atoms with Gasteiger partial charge in [-0.2, -0.15) is 0 Å². The van der Waals surface area contributed by atoms with Gasteiger partial charge in [-0.1, -0.05) is 0 Å². The number of likely N-dealkylation sites (tertiary alicyclic amines) is 1. The standard InChI is InChI=1S/C22H25FN4O3/c1-15(28)24-18-6-8-20(9-7-18)26-22(30)16-10-12-27(13-11-16)14-21(29)25-19-4-2-17(23)3-5-19/h2-9,16H,10-14H2,1H3,(H,24,28)(H,25,29)(H,26,30). The molecule has 3 N–H and O–H groups in total. The monoisotopic (exact) mass is 412 g/mol. The summed E-state index contributed by atoms with van der Waals surface area (Å²) >= 11 is 0. The number of hydrogen-bond acceptors (Lipinski definition) is 4. The van der Waals surface area contributed by atoms with Gasteiger partial charge in [0.1, 0.15) is 5.82 Å². The summed E-state index contributed by atoms with van der Waals surface area (Å²) in [7, 11) is 0. The van der Waals surface area contributed by atoms with Gasteiger partial charge in [-0.05, 0) is 74.5 Å². The summed E-state index contributed by atoms with van der Waals surface area (Å²) in [5.74, 6) is -0.820. The van der Waals surface area contributed by atoms with Gasteiger partial charge in [0.15, 0.2) is 0 Å². The first-order valence-corrected chi connectivity index (χ1v) is 9.85. The maximum atomic E-state index is 12.9. The summed E-state index contributed by atoms with van der Waals surface area (Å²) in [5.41, 5.74) is 1.91. The second-order valence-corrected chi connectivity index (χ2v) is 7.35. The molecule has 1 saturated heterocycles. The van der Waals surface area contributed by atoms with Crippen LogP contribution in [-0.2, 0) is 14.4 Å². The molecule has 1 fully saturated rings. The van der Waals surface area contributed by atoms with E-state index >= 15 is 0 Å². The van der Waals surface area contributed by atoms with Crippen LogP contribution in [-0.4, -0.2) is 42.3 Å². The average molecular weight is 412 g/mol. The lowest BCUT2D eigenvalue weighted by molar-refractivity contribution is -0.121. The topological polar surface area (TPSA) is 90.5 Å². The lowest BCUT2D eigenvalue weighted by Crippen LogP contribution is -2.41. The Bertz CT molecular complexity index is 892. The molecule has 0 bridgehead atoms. The van der Waals surface area contributed by atoms with Crippen molar-refractivity contribution in [1.82, 2.24) is 4.90 Å². The van der Waals surface area contributed by atoms with Gasteiger partial charge in [0.05, 0.1) is 6.54 Å². The summed E-state index contributed by atoms with van der Waals surface area (Å²) < 4.78 is 12.9. The van der Waals surface area contributed by atoms with Gasteiger partial charge in [0, 0.05) is 29.9 Å². The number of anilines is 3. The van der Waals surface area contributed by atoms with Crippen molar-refractivity contribution in [3.63, 3.8) is 0 Å². The van der Waals surface area contributed by atoms with Crippen LogP contribution in [0.1, 0.15) is 19.8 Å². The Morgan fingerprint density at radius 2 is 1.37 bits per heavy atom.